The summed E-state index contributed by atoms with van der Waals surface area (Å²) in [6.07, 6.45) is 3.65. The van der Waals surface area contributed by atoms with Gasteiger partial charge in [0.1, 0.15) is 5.56 Å². The number of aromatic carboxylic acids is 1. The average molecular weight is 286 g/mol. The molecule has 1 heterocycles. The van der Waals surface area contributed by atoms with Crippen LogP contribution in [0.15, 0.2) is 30.5 Å². The van der Waals surface area contributed by atoms with Crippen LogP contribution in [0, 0.1) is 0 Å². The predicted molar refractivity (Wildman–Crippen MR) is 80.9 cm³/mol. The number of rotatable bonds is 6. The van der Waals surface area contributed by atoms with Crippen LogP contribution in [0.5, 0.6) is 0 Å². The second-order valence-electron chi connectivity index (χ2n) is 5.26. The van der Waals surface area contributed by atoms with Crippen molar-refractivity contribution in [3.63, 3.8) is 0 Å². The van der Waals surface area contributed by atoms with Gasteiger partial charge in [-0.25, -0.2) is 4.79 Å². The first-order chi connectivity index (χ1) is 10.2. The summed E-state index contributed by atoms with van der Waals surface area (Å²) in [5.41, 5.74) is 1.85. The standard InChI is InChI=1S/C16H18N2O3/c1-21-9-8-18(11-6-7-11)15-12-4-2-3-5-14(12)17-10-13(15)16(19)20/h2-5,10-11H,6-9H2,1H3,(H,19,20). The van der Waals surface area contributed by atoms with E-state index in [1.165, 1.54) is 6.20 Å². The molecule has 0 aliphatic heterocycles. The molecule has 0 saturated heterocycles. The molecule has 1 aromatic heterocycles. The van der Waals surface area contributed by atoms with E-state index in [0.29, 0.717) is 19.2 Å². The number of hydrogen-bond donors (Lipinski definition) is 1. The van der Waals surface area contributed by atoms with Crippen molar-refractivity contribution in [2.45, 2.75) is 18.9 Å². The van der Waals surface area contributed by atoms with Crippen molar-refractivity contribution in [3.8, 4) is 0 Å². The first-order valence-corrected chi connectivity index (χ1v) is 7.09. The van der Waals surface area contributed by atoms with Gasteiger partial charge in [0.15, 0.2) is 0 Å². The van der Waals surface area contributed by atoms with E-state index in [1.807, 2.05) is 24.3 Å². The molecule has 1 aliphatic rings. The van der Waals surface area contributed by atoms with Gasteiger partial charge in [0.25, 0.3) is 0 Å². The molecule has 5 heteroatoms. The summed E-state index contributed by atoms with van der Waals surface area (Å²) in [4.78, 5) is 18.0. The number of aromatic nitrogens is 1. The largest absolute Gasteiger partial charge is 0.478 e. The summed E-state index contributed by atoms with van der Waals surface area (Å²) in [6.45, 7) is 1.27. The fourth-order valence-corrected chi connectivity index (χ4v) is 2.65. The Bertz CT molecular complexity index is 668. The number of carboxylic acids is 1. The monoisotopic (exact) mass is 286 g/mol. The fourth-order valence-electron chi connectivity index (χ4n) is 2.65. The lowest BCUT2D eigenvalue weighted by Gasteiger charge is -2.27. The number of ether oxygens (including phenoxy) is 1. The minimum Gasteiger partial charge on any atom is -0.478 e. The lowest BCUT2D eigenvalue weighted by Crippen LogP contribution is -2.31. The molecule has 1 N–H and O–H groups in total. The molecule has 1 aromatic carbocycles. The molecule has 2 aromatic rings. The van der Waals surface area contributed by atoms with Crippen LogP contribution in [0.1, 0.15) is 23.2 Å². The Labute approximate surface area is 123 Å². The molecule has 110 valence electrons. The Morgan fingerprint density at radius 2 is 2.19 bits per heavy atom. The van der Waals surface area contributed by atoms with Crippen LogP contribution in [-0.4, -0.2) is 42.4 Å². The Morgan fingerprint density at radius 1 is 1.43 bits per heavy atom. The summed E-state index contributed by atoms with van der Waals surface area (Å²) in [7, 11) is 1.66. The highest BCUT2D eigenvalue weighted by molar-refractivity contribution is 6.04. The highest BCUT2D eigenvalue weighted by Gasteiger charge is 2.32. The highest BCUT2D eigenvalue weighted by Crippen LogP contribution is 2.37. The molecular formula is C16H18N2O3. The summed E-state index contributed by atoms with van der Waals surface area (Å²) in [6, 6.07) is 8.08. The summed E-state index contributed by atoms with van der Waals surface area (Å²) >= 11 is 0. The highest BCUT2D eigenvalue weighted by atomic mass is 16.5. The first-order valence-electron chi connectivity index (χ1n) is 7.09. The second-order valence-corrected chi connectivity index (χ2v) is 5.26. The second kappa shape index (κ2) is 5.69. The van der Waals surface area contributed by atoms with Crippen LogP contribution in [-0.2, 0) is 4.74 Å². The van der Waals surface area contributed by atoms with Gasteiger partial charge in [-0.05, 0) is 18.9 Å². The summed E-state index contributed by atoms with van der Waals surface area (Å²) < 4.78 is 5.18. The summed E-state index contributed by atoms with van der Waals surface area (Å²) in [5, 5.41) is 10.4. The molecule has 3 rings (SSSR count). The van der Waals surface area contributed by atoms with E-state index in [0.717, 1.165) is 29.4 Å². The van der Waals surface area contributed by atoms with Crippen LogP contribution in [0.2, 0.25) is 0 Å². The van der Waals surface area contributed by atoms with Crippen LogP contribution >= 0.6 is 0 Å². The van der Waals surface area contributed by atoms with Crippen LogP contribution < -0.4 is 4.90 Å². The van der Waals surface area contributed by atoms with Gasteiger partial charge in [-0.15, -0.1) is 0 Å². The topological polar surface area (TPSA) is 62.7 Å². The van der Waals surface area contributed by atoms with E-state index in [2.05, 4.69) is 9.88 Å². The normalized spacial score (nSPS) is 14.3. The maximum absolute atomic E-state index is 11.6. The molecule has 0 bridgehead atoms. The molecule has 0 unspecified atom stereocenters. The number of pyridine rings is 1. The number of para-hydroxylation sites is 1. The van der Waals surface area contributed by atoms with Crippen LogP contribution in [0.25, 0.3) is 10.9 Å². The lowest BCUT2D eigenvalue weighted by atomic mass is 10.1. The first kappa shape index (κ1) is 13.8. The minimum atomic E-state index is -0.939. The van der Waals surface area contributed by atoms with Gasteiger partial charge in [0, 0.05) is 31.3 Å². The molecular weight excluding hydrogens is 268 g/mol. The van der Waals surface area contributed by atoms with Gasteiger partial charge in [0.2, 0.25) is 0 Å². The zero-order valence-electron chi connectivity index (χ0n) is 12.0. The third-order valence-corrected chi connectivity index (χ3v) is 3.79. The van der Waals surface area contributed by atoms with E-state index in [1.54, 1.807) is 7.11 Å². The number of methoxy groups -OCH3 is 1. The molecule has 0 atom stereocenters. The number of benzene rings is 1. The van der Waals surface area contributed by atoms with E-state index < -0.39 is 5.97 Å². The number of hydrogen-bond acceptors (Lipinski definition) is 4. The average Bonchev–Trinajstić information content (AvgIpc) is 3.32. The van der Waals surface area contributed by atoms with Gasteiger partial charge < -0.3 is 14.7 Å². The minimum absolute atomic E-state index is 0.261. The predicted octanol–water partition coefficient (Wildman–Crippen LogP) is 2.55. The number of nitrogens with zero attached hydrogens (tertiary/aromatic N) is 2. The van der Waals surface area contributed by atoms with Gasteiger partial charge in [-0.2, -0.15) is 0 Å². The fraction of sp³-hybridized carbons (Fsp3) is 0.375. The zero-order chi connectivity index (χ0) is 14.8. The van der Waals surface area contributed by atoms with E-state index >= 15 is 0 Å². The van der Waals surface area contributed by atoms with Crippen molar-refractivity contribution in [1.82, 2.24) is 4.98 Å². The van der Waals surface area contributed by atoms with Crippen LogP contribution in [0.4, 0.5) is 5.69 Å². The van der Waals surface area contributed by atoms with E-state index in [-0.39, 0.29) is 5.56 Å². The third-order valence-electron chi connectivity index (χ3n) is 3.79. The van der Waals surface area contributed by atoms with Crippen molar-refractivity contribution in [1.29, 1.82) is 0 Å². The number of carboxylic acid groups (broad SMARTS) is 1. The van der Waals surface area contributed by atoms with Crippen molar-refractivity contribution < 1.29 is 14.6 Å². The molecule has 1 aliphatic carbocycles. The van der Waals surface area contributed by atoms with Crippen molar-refractivity contribution in [2.24, 2.45) is 0 Å². The molecule has 21 heavy (non-hydrogen) atoms. The molecule has 0 radical (unpaired) electrons. The van der Waals surface area contributed by atoms with Crippen molar-refractivity contribution >= 4 is 22.6 Å². The van der Waals surface area contributed by atoms with Gasteiger partial charge in [-0.1, -0.05) is 18.2 Å². The summed E-state index contributed by atoms with van der Waals surface area (Å²) in [5.74, 6) is -0.939. The zero-order valence-corrected chi connectivity index (χ0v) is 12.0. The van der Waals surface area contributed by atoms with Crippen molar-refractivity contribution in [3.05, 3.63) is 36.0 Å². The molecule has 1 fully saturated rings. The molecule has 0 spiro atoms. The number of carbonyl (C=O) groups is 1. The van der Waals surface area contributed by atoms with Crippen molar-refractivity contribution in [2.75, 3.05) is 25.2 Å². The quantitative estimate of drug-likeness (QED) is 0.884. The van der Waals surface area contributed by atoms with Gasteiger partial charge in [0.05, 0.1) is 17.8 Å². The maximum atomic E-state index is 11.6. The third kappa shape index (κ3) is 2.69. The van der Waals surface area contributed by atoms with Crippen LogP contribution in [0.3, 0.4) is 0 Å². The molecule has 5 nitrogen and oxygen atoms in total. The Kier molecular flexibility index (Phi) is 3.75. The SMILES string of the molecule is COCCN(c1c(C(=O)O)cnc2ccccc12)C1CC1. The maximum Gasteiger partial charge on any atom is 0.339 e. The smallest absolute Gasteiger partial charge is 0.339 e. The van der Waals surface area contributed by atoms with E-state index in [4.69, 9.17) is 4.74 Å². The Balaban J connectivity index is 2.16. The Hall–Kier alpha value is -2.14. The molecule has 1 saturated carbocycles. The Morgan fingerprint density at radius 3 is 2.86 bits per heavy atom. The van der Waals surface area contributed by atoms with Gasteiger partial charge in [-0.3, -0.25) is 4.98 Å². The lowest BCUT2D eigenvalue weighted by molar-refractivity contribution is 0.0697. The molecule has 0 amide bonds. The van der Waals surface area contributed by atoms with Gasteiger partial charge >= 0.3 is 5.97 Å². The number of fused-ring (bicyclic) bond motifs is 1. The van der Waals surface area contributed by atoms with E-state index in [9.17, 15) is 9.90 Å². The number of anilines is 1.